The van der Waals surface area contributed by atoms with E-state index in [4.69, 9.17) is 9.84 Å². The predicted molar refractivity (Wildman–Crippen MR) is 48.7 cm³/mol. The zero-order valence-corrected chi connectivity index (χ0v) is 7.70. The molecule has 0 unspecified atom stereocenters. The van der Waals surface area contributed by atoms with E-state index in [1.807, 2.05) is 13.0 Å². The average molecular weight is 170 g/mol. The van der Waals surface area contributed by atoms with E-state index < -0.39 is 0 Å². The Labute approximate surface area is 74.2 Å². The van der Waals surface area contributed by atoms with Crippen LogP contribution in [0.1, 0.15) is 32.6 Å². The molecule has 70 valence electrons. The molecule has 1 aliphatic carbocycles. The second kappa shape index (κ2) is 5.20. The van der Waals surface area contributed by atoms with Crippen LogP contribution >= 0.6 is 0 Å². The van der Waals surface area contributed by atoms with E-state index in [0.717, 1.165) is 25.7 Å². The standard InChI is InChI=1S/C10H18O2/c1-2-7-12-10-5-3-9(8-11)4-6-10/h2,7,9-11H,3-6,8H2,1H3. The van der Waals surface area contributed by atoms with E-state index in [0.29, 0.717) is 18.6 Å². The molecule has 0 aromatic heterocycles. The molecule has 0 radical (unpaired) electrons. The highest BCUT2D eigenvalue weighted by Gasteiger charge is 2.20. The van der Waals surface area contributed by atoms with Crippen LogP contribution in [0.25, 0.3) is 0 Å². The number of hydrogen-bond acceptors (Lipinski definition) is 2. The molecule has 0 bridgehead atoms. The first-order chi connectivity index (χ1) is 5.86. The van der Waals surface area contributed by atoms with Gasteiger partial charge in [0.2, 0.25) is 0 Å². The minimum atomic E-state index is 0.344. The molecule has 1 saturated carbocycles. The Bertz CT molecular complexity index is 135. The minimum absolute atomic E-state index is 0.344. The summed E-state index contributed by atoms with van der Waals surface area (Å²) in [5, 5.41) is 8.90. The van der Waals surface area contributed by atoms with Crippen molar-refractivity contribution in [3.63, 3.8) is 0 Å². The number of rotatable bonds is 3. The van der Waals surface area contributed by atoms with Crippen molar-refractivity contribution in [2.24, 2.45) is 5.92 Å². The lowest BCUT2D eigenvalue weighted by atomic mass is 9.88. The van der Waals surface area contributed by atoms with Gasteiger partial charge < -0.3 is 9.84 Å². The van der Waals surface area contributed by atoms with Crippen LogP contribution in [0, 0.1) is 5.92 Å². The van der Waals surface area contributed by atoms with E-state index >= 15 is 0 Å². The van der Waals surface area contributed by atoms with Crippen molar-refractivity contribution in [3.8, 4) is 0 Å². The molecule has 0 spiro atoms. The highest BCUT2D eigenvalue weighted by atomic mass is 16.5. The first kappa shape index (κ1) is 9.59. The van der Waals surface area contributed by atoms with Crippen molar-refractivity contribution in [1.29, 1.82) is 0 Å². The van der Waals surface area contributed by atoms with Crippen molar-refractivity contribution in [1.82, 2.24) is 0 Å². The Morgan fingerprint density at radius 1 is 1.33 bits per heavy atom. The molecule has 1 fully saturated rings. The normalized spacial score (nSPS) is 30.8. The number of aliphatic hydroxyl groups excluding tert-OH is 1. The fourth-order valence-electron chi connectivity index (χ4n) is 1.64. The molecule has 0 aromatic rings. The van der Waals surface area contributed by atoms with Crippen molar-refractivity contribution in [2.75, 3.05) is 6.61 Å². The van der Waals surface area contributed by atoms with E-state index in [1.165, 1.54) is 0 Å². The highest BCUT2D eigenvalue weighted by Crippen LogP contribution is 2.25. The van der Waals surface area contributed by atoms with E-state index in [1.54, 1.807) is 6.26 Å². The number of allylic oxidation sites excluding steroid dienone is 1. The van der Waals surface area contributed by atoms with Gasteiger partial charge in [-0.2, -0.15) is 0 Å². The summed E-state index contributed by atoms with van der Waals surface area (Å²) in [4.78, 5) is 0. The van der Waals surface area contributed by atoms with Gasteiger partial charge in [-0.05, 0) is 38.5 Å². The van der Waals surface area contributed by atoms with Crippen molar-refractivity contribution >= 4 is 0 Å². The molecular weight excluding hydrogens is 152 g/mol. The zero-order valence-electron chi connectivity index (χ0n) is 7.70. The maximum Gasteiger partial charge on any atom is 0.0978 e. The van der Waals surface area contributed by atoms with Gasteiger partial charge in [0.1, 0.15) is 0 Å². The number of ether oxygens (including phenoxy) is 1. The summed E-state index contributed by atoms with van der Waals surface area (Å²) in [6, 6.07) is 0. The van der Waals surface area contributed by atoms with Crippen LogP contribution in [0.3, 0.4) is 0 Å². The summed E-state index contributed by atoms with van der Waals surface area (Å²) in [6.07, 6.45) is 8.48. The molecular formula is C10H18O2. The number of hydrogen-bond donors (Lipinski definition) is 1. The second-order valence-electron chi connectivity index (χ2n) is 3.43. The minimum Gasteiger partial charge on any atom is -0.498 e. The summed E-state index contributed by atoms with van der Waals surface area (Å²) in [5.41, 5.74) is 0. The first-order valence-electron chi connectivity index (χ1n) is 4.74. The molecule has 12 heavy (non-hydrogen) atoms. The zero-order chi connectivity index (χ0) is 8.81. The van der Waals surface area contributed by atoms with Gasteiger partial charge in [-0.3, -0.25) is 0 Å². The quantitative estimate of drug-likeness (QED) is 0.657. The average Bonchev–Trinajstić information content (AvgIpc) is 2.15. The summed E-state index contributed by atoms with van der Waals surface area (Å²) < 4.78 is 5.46. The Kier molecular flexibility index (Phi) is 4.15. The molecule has 2 nitrogen and oxygen atoms in total. The largest absolute Gasteiger partial charge is 0.498 e. The van der Waals surface area contributed by atoms with Crippen LogP contribution in [0.2, 0.25) is 0 Å². The predicted octanol–water partition coefficient (Wildman–Crippen LogP) is 2.09. The molecule has 1 aliphatic rings. The summed E-state index contributed by atoms with van der Waals surface area (Å²) in [5.74, 6) is 0.524. The fraction of sp³-hybridized carbons (Fsp3) is 0.800. The summed E-state index contributed by atoms with van der Waals surface area (Å²) in [6.45, 7) is 2.30. The summed E-state index contributed by atoms with van der Waals surface area (Å²) >= 11 is 0. The van der Waals surface area contributed by atoms with E-state index in [-0.39, 0.29) is 0 Å². The van der Waals surface area contributed by atoms with E-state index in [2.05, 4.69) is 0 Å². The van der Waals surface area contributed by atoms with Gasteiger partial charge in [0, 0.05) is 6.61 Å². The van der Waals surface area contributed by atoms with Crippen molar-refractivity contribution in [2.45, 2.75) is 38.7 Å². The van der Waals surface area contributed by atoms with Crippen LogP contribution in [0.5, 0.6) is 0 Å². The van der Waals surface area contributed by atoms with Crippen molar-refractivity contribution < 1.29 is 9.84 Å². The Hall–Kier alpha value is -0.500. The maximum absolute atomic E-state index is 8.90. The van der Waals surface area contributed by atoms with Gasteiger partial charge in [-0.25, -0.2) is 0 Å². The van der Waals surface area contributed by atoms with Crippen LogP contribution < -0.4 is 0 Å². The van der Waals surface area contributed by atoms with Gasteiger partial charge in [0.15, 0.2) is 0 Å². The summed E-state index contributed by atoms with van der Waals surface area (Å²) in [7, 11) is 0. The highest BCUT2D eigenvalue weighted by molar-refractivity contribution is 4.75. The Balaban J connectivity index is 2.17. The van der Waals surface area contributed by atoms with Gasteiger partial charge in [-0.15, -0.1) is 0 Å². The third-order valence-corrected chi connectivity index (χ3v) is 2.46. The fourth-order valence-corrected chi connectivity index (χ4v) is 1.64. The SMILES string of the molecule is CC=COC1CCC(CO)CC1. The molecule has 0 aromatic carbocycles. The molecule has 1 rings (SSSR count). The molecule has 1 N–H and O–H groups in total. The Morgan fingerprint density at radius 3 is 2.50 bits per heavy atom. The molecule has 0 atom stereocenters. The van der Waals surface area contributed by atoms with E-state index in [9.17, 15) is 0 Å². The monoisotopic (exact) mass is 170 g/mol. The Morgan fingerprint density at radius 2 is 2.00 bits per heavy atom. The van der Waals surface area contributed by atoms with Gasteiger partial charge in [-0.1, -0.05) is 6.08 Å². The molecule has 2 heteroatoms. The van der Waals surface area contributed by atoms with Crippen LogP contribution in [0.4, 0.5) is 0 Å². The molecule has 0 heterocycles. The van der Waals surface area contributed by atoms with Gasteiger partial charge >= 0.3 is 0 Å². The number of aliphatic hydroxyl groups is 1. The molecule has 0 aliphatic heterocycles. The smallest absolute Gasteiger partial charge is 0.0978 e. The van der Waals surface area contributed by atoms with Gasteiger partial charge in [0.05, 0.1) is 12.4 Å². The third-order valence-electron chi connectivity index (χ3n) is 2.46. The topological polar surface area (TPSA) is 29.5 Å². The second-order valence-corrected chi connectivity index (χ2v) is 3.43. The van der Waals surface area contributed by atoms with Gasteiger partial charge in [0.25, 0.3) is 0 Å². The lowest BCUT2D eigenvalue weighted by Crippen LogP contribution is -2.21. The lowest BCUT2D eigenvalue weighted by molar-refractivity contribution is 0.0718. The first-order valence-corrected chi connectivity index (χ1v) is 4.74. The lowest BCUT2D eigenvalue weighted by Gasteiger charge is -2.26. The molecule has 0 amide bonds. The maximum atomic E-state index is 8.90. The van der Waals surface area contributed by atoms with Crippen molar-refractivity contribution in [3.05, 3.63) is 12.3 Å². The molecule has 0 saturated heterocycles. The van der Waals surface area contributed by atoms with Crippen LogP contribution in [0.15, 0.2) is 12.3 Å². The third kappa shape index (κ3) is 2.86. The van der Waals surface area contributed by atoms with Crippen LogP contribution in [-0.2, 0) is 4.74 Å². The van der Waals surface area contributed by atoms with Crippen LogP contribution in [-0.4, -0.2) is 17.8 Å².